The first-order valence-electron chi connectivity index (χ1n) is 8.56. The SMILES string of the molecule is O=C1CCCN1c1cccc(NC(=O)C2(c3cccc(Cl)c3)CC2)c1. The van der Waals surface area contributed by atoms with Gasteiger partial charge < -0.3 is 10.2 Å². The van der Waals surface area contributed by atoms with Gasteiger partial charge in [-0.05, 0) is 55.2 Å². The minimum atomic E-state index is -0.482. The highest BCUT2D eigenvalue weighted by atomic mass is 35.5. The topological polar surface area (TPSA) is 49.4 Å². The second-order valence-electron chi connectivity index (χ2n) is 6.75. The number of amides is 2. The fourth-order valence-electron chi connectivity index (χ4n) is 3.48. The van der Waals surface area contributed by atoms with Crippen LogP contribution in [0.3, 0.4) is 0 Å². The van der Waals surface area contributed by atoms with E-state index in [1.54, 1.807) is 4.90 Å². The number of benzene rings is 2. The van der Waals surface area contributed by atoms with Crippen LogP contribution < -0.4 is 10.2 Å². The summed E-state index contributed by atoms with van der Waals surface area (Å²) in [5.41, 5.74) is 2.04. The highest BCUT2D eigenvalue weighted by Gasteiger charge is 2.51. The number of carbonyl (C=O) groups excluding carboxylic acids is 2. The molecule has 0 aromatic heterocycles. The van der Waals surface area contributed by atoms with Crippen molar-refractivity contribution in [1.82, 2.24) is 0 Å². The first-order chi connectivity index (χ1) is 12.1. The highest BCUT2D eigenvalue weighted by molar-refractivity contribution is 6.30. The van der Waals surface area contributed by atoms with Crippen LogP contribution in [0.2, 0.25) is 5.02 Å². The van der Waals surface area contributed by atoms with Crippen LogP contribution in [0.1, 0.15) is 31.2 Å². The summed E-state index contributed by atoms with van der Waals surface area (Å²) >= 11 is 6.08. The lowest BCUT2D eigenvalue weighted by molar-refractivity contribution is -0.118. The molecule has 0 spiro atoms. The molecule has 4 nitrogen and oxygen atoms in total. The van der Waals surface area contributed by atoms with Crippen molar-refractivity contribution in [3.05, 3.63) is 59.1 Å². The van der Waals surface area contributed by atoms with E-state index in [0.717, 1.165) is 42.7 Å². The Kier molecular flexibility index (Phi) is 4.00. The summed E-state index contributed by atoms with van der Waals surface area (Å²) in [6.45, 7) is 0.739. The van der Waals surface area contributed by atoms with Gasteiger partial charge in [0.1, 0.15) is 0 Å². The molecule has 2 aromatic carbocycles. The number of hydrogen-bond donors (Lipinski definition) is 1. The van der Waals surface area contributed by atoms with Crippen molar-refractivity contribution in [2.24, 2.45) is 0 Å². The summed E-state index contributed by atoms with van der Waals surface area (Å²) in [5, 5.41) is 3.67. The predicted octanol–water partition coefficient (Wildman–Crippen LogP) is 4.14. The monoisotopic (exact) mass is 354 g/mol. The number of hydrogen-bond acceptors (Lipinski definition) is 2. The normalized spacial score (nSPS) is 18.3. The first-order valence-corrected chi connectivity index (χ1v) is 8.94. The highest BCUT2D eigenvalue weighted by Crippen LogP contribution is 2.49. The lowest BCUT2D eigenvalue weighted by Gasteiger charge is -2.19. The van der Waals surface area contributed by atoms with E-state index >= 15 is 0 Å². The average Bonchev–Trinajstić information content (AvgIpc) is 3.31. The van der Waals surface area contributed by atoms with Gasteiger partial charge in [-0.25, -0.2) is 0 Å². The van der Waals surface area contributed by atoms with Gasteiger partial charge in [-0.3, -0.25) is 9.59 Å². The predicted molar refractivity (Wildman–Crippen MR) is 99.0 cm³/mol. The zero-order valence-corrected chi connectivity index (χ0v) is 14.6. The molecular weight excluding hydrogens is 336 g/mol. The second kappa shape index (κ2) is 6.19. The third kappa shape index (κ3) is 3.02. The van der Waals surface area contributed by atoms with E-state index in [1.807, 2.05) is 48.5 Å². The summed E-state index contributed by atoms with van der Waals surface area (Å²) in [6, 6.07) is 15.0. The maximum atomic E-state index is 12.9. The van der Waals surface area contributed by atoms with Gasteiger partial charge in [-0.1, -0.05) is 29.8 Å². The summed E-state index contributed by atoms with van der Waals surface area (Å²) in [7, 11) is 0. The molecule has 128 valence electrons. The van der Waals surface area contributed by atoms with E-state index in [1.165, 1.54) is 0 Å². The molecule has 0 atom stereocenters. The van der Waals surface area contributed by atoms with Crippen molar-refractivity contribution in [2.75, 3.05) is 16.8 Å². The van der Waals surface area contributed by atoms with Crippen molar-refractivity contribution in [2.45, 2.75) is 31.1 Å². The Morgan fingerprint density at radius 3 is 2.60 bits per heavy atom. The summed E-state index contributed by atoms with van der Waals surface area (Å²) in [6.07, 6.45) is 3.12. The van der Waals surface area contributed by atoms with Crippen LogP contribution in [-0.2, 0) is 15.0 Å². The molecule has 5 heteroatoms. The van der Waals surface area contributed by atoms with E-state index in [2.05, 4.69) is 5.32 Å². The molecule has 2 aliphatic rings. The van der Waals surface area contributed by atoms with E-state index in [9.17, 15) is 9.59 Å². The molecule has 1 heterocycles. The van der Waals surface area contributed by atoms with Crippen molar-refractivity contribution in [3.63, 3.8) is 0 Å². The molecule has 1 aliphatic carbocycles. The number of halogens is 1. The molecular formula is C20H19ClN2O2. The smallest absolute Gasteiger partial charge is 0.235 e. The van der Waals surface area contributed by atoms with Crippen LogP contribution in [0, 0.1) is 0 Å². The standard InChI is InChI=1S/C20H19ClN2O2/c21-15-5-1-4-14(12-15)20(9-10-20)19(25)22-16-6-2-7-17(13-16)23-11-3-8-18(23)24/h1-2,4-7,12-13H,3,8-11H2,(H,22,25). The van der Waals surface area contributed by atoms with Crippen molar-refractivity contribution in [1.29, 1.82) is 0 Å². The number of rotatable bonds is 4. The van der Waals surface area contributed by atoms with Gasteiger partial charge >= 0.3 is 0 Å². The largest absolute Gasteiger partial charge is 0.325 e. The Morgan fingerprint density at radius 2 is 1.92 bits per heavy atom. The minimum Gasteiger partial charge on any atom is -0.325 e. The number of nitrogens with zero attached hydrogens (tertiary/aromatic N) is 1. The van der Waals surface area contributed by atoms with E-state index in [-0.39, 0.29) is 11.8 Å². The van der Waals surface area contributed by atoms with Crippen molar-refractivity contribution < 1.29 is 9.59 Å². The Hall–Kier alpha value is -2.33. The molecule has 0 bridgehead atoms. The zero-order valence-electron chi connectivity index (χ0n) is 13.8. The van der Waals surface area contributed by atoms with Gasteiger partial charge in [0.25, 0.3) is 0 Å². The molecule has 1 saturated carbocycles. The molecule has 1 N–H and O–H groups in total. The zero-order chi connectivity index (χ0) is 17.4. The molecule has 1 saturated heterocycles. The molecule has 2 aromatic rings. The van der Waals surface area contributed by atoms with Crippen LogP contribution in [0.25, 0.3) is 0 Å². The minimum absolute atomic E-state index is 0.0142. The molecule has 25 heavy (non-hydrogen) atoms. The van der Waals surface area contributed by atoms with Crippen molar-refractivity contribution >= 4 is 34.8 Å². The molecule has 4 rings (SSSR count). The van der Waals surface area contributed by atoms with E-state index in [4.69, 9.17) is 11.6 Å². The molecule has 0 unspecified atom stereocenters. The van der Waals surface area contributed by atoms with Crippen LogP contribution >= 0.6 is 11.6 Å². The summed E-state index contributed by atoms with van der Waals surface area (Å²) in [4.78, 5) is 26.6. The van der Waals surface area contributed by atoms with Crippen LogP contribution in [-0.4, -0.2) is 18.4 Å². The van der Waals surface area contributed by atoms with Gasteiger partial charge in [0.2, 0.25) is 11.8 Å². The van der Waals surface area contributed by atoms with Gasteiger partial charge in [0.15, 0.2) is 0 Å². The number of nitrogens with one attached hydrogen (secondary N) is 1. The van der Waals surface area contributed by atoms with Gasteiger partial charge in [-0.15, -0.1) is 0 Å². The van der Waals surface area contributed by atoms with Crippen LogP contribution in [0.5, 0.6) is 0 Å². The fraction of sp³-hybridized carbons (Fsp3) is 0.300. The Labute approximate surface area is 151 Å². The quantitative estimate of drug-likeness (QED) is 0.897. The lowest BCUT2D eigenvalue weighted by atomic mass is 9.95. The molecule has 2 fully saturated rings. The summed E-state index contributed by atoms with van der Waals surface area (Å²) in [5.74, 6) is 0.126. The average molecular weight is 355 g/mol. The summed E-state index contributed by atoms with van der Waals surface area (Å²) < 4.78 is 0. The Morgan fingerprint density at radius 1 is 1.12 bits per heavy atom. The van der Waals surface area contributed by atoms with Gasteiger partial charge in [0.05, 0.1) is 5.41 Å². The third-order valence-electron chi connectivity index (χ3n) is 5.05. The van der Waals surface area contributed by atoms with Gasteiger partial charge in [0, 0.05) is 29.4 Å². The van der Waals surface area contributed by atoms with Gasteiger partial charge in [-0.2, -0.15) is 0 Å². The van der Waals surface area contributed by atoms with Crippen LogP contribution in [0.15, 0.2) is 48.5 Å². The molecule has 0 radical (unpaired) electrons. The van der Waals surface area contributed by atoms with Crippen molar-refractivity contribution in [3.8, 4) is 0 Å². The maximum Gasteiger partial charge on any atom is 0.235 e. The lowest BCUT2D eigenvalue weighted by Crippen LogP contribution is -2.28. The fourth-order valence-corrected chi connectivity index (χ4v) is 3.67. The second-order valence-corrected chi connectivity index (χ2v) is 7.18. The Balaban J connectivity index is 1.54. The maximum absolute atomic E-state index is 12.9. The molecule has 1 aliphatic heterocycles. The van der Waals surface area contributed by atoms with Crippen LogP contribution in [0.4, 0.5) is 11.4 Å². The first kappa shape index (κ1) is 16.2. The molecule has 2 amide bonds. The third-order valence-corrected chi connectivity index (χ3v) is 5.29. The van der Waals surface area contributed by atoms with E-state index < -0.39 is 5.41 Å². The van der Waals surface area contributed by atoms with E-state index in [0.29, 0.717) is 11.4 Å². The Bertz CT molecular complexity index is 845. The number of anilines is 2. The number of carbonyl (C=O) groups is 2.